The highest BCUT2D eigenvalue weighted by molar-refractivity contribution is 5.90. The second-order valence-electron chi connectivity index (χ2n) is 5.60. The Hall–Kier alpha value is -3.29. The van der Waals surface area contributed by atoms with Crippen LogP contribution in [0.2, 0.25) is 0 Å². The average Bonchev–Trinajstić information content (AvgIpc) is 2.97. The highest BCUT2D eigenvalue weighted by atomic mass is 19.1. The van der Waals surface area contributed by atoms with Crippen LogP contribution in [0.4, 0.5) is 14.5 Å². The van der Waals surface area contributed by atoms with E-state index in [9.17, 15) is 18.4 Å². The molecule has 26 heavy (non-hydrogen) atoms. The van der Waals surface area contributed by atoms with Crippen molar-refractivity contribution in [1.29, 1.82) is 0 Å². The first-order valence-corrected chi connectivity index (χ1v) is 7.87. The third kappa shape index (κ3) is 4.21. The van der Waals surface area contributed by atoms with Gasteiger partial charge in [-0.1, -0.05) is 29.4 Å². The number of hydrogen-bond donors (Lipinski definition) is 1. The third-order valence-corrected chi connectivity index (χ3v) is 3.75. The summed E-state index contributed by atoms with van der Waals surface area (Å²) in [5.41, 5.74) is 0.811. The number of aromatic nitrogens is 2. The maximum absolute atomic E-state index is 13.5. The lowest BCUT2D eigenvalue weighted by Gasteiger charge is -2.07. The molecular weight excluding hydrogens is 344 g/mol. The van der Waals surface area contributed by atoms with Gasteiger partial charge in [-0.2, -0.15) is 0 Å². The van der Waals surface area contributed by atoms with Crippen LogP contribution in [0.5, 0.6) is 0 Å². The first kappa shape index (κ1) is 17.5. The molecule has 0 atom stereocenters. The molecular formula is C18H15F2N3O3. The molecule has 134 valence electrons. The van der Waals surface area contributed by atoms with E-state index in [2.05, 4.69) is 15.0 Å². The summed E-state index contributed by atoms with van der Waals surface area (Å²) in [6, 6.07) is 11.6. The van der Waals surface area contributed by atoms with Crippen molar-refractivity contribution in [2.24, 2.45) is 0 Å². The lowest BCUT2D eigenvalue weighted by atomic mass is 10.1. The number of amides is 1. The van der Waals surface area contributed by atoms with Gasteiger partial charge in [-0.3, -0.25) is 13.9 Å². The van der Waals surface area contributed by atoms with Crippen molar-refractivity contribution in [2.45, 2.75) is 19.4 Å². The Balaban J connectivity index is 1.65. The van der Waals surface area contributed by atoms with Gasteiger partial charge in [-0.25, -0.2) is 13.6 Å². The van der Waals surface area contributed by atoms with Gasteiger partial charge in [0.1, 0.15) is 11.6 Å². The van der Waals surface area contributed by atoms with Gasteiger partial charge in [0.2, 0.25) is 5.91 Å². The van der Waals surface area contributed by atoms with E-state index in [0.717, 1.165) is 5.56 Å². The number of nitrogens with one attached hydrogen (secondary N) is 1. The lowest BCUT2D eigenvalue weighted by molar-refractivity contribution is -0.116. The molecule has 1 aromatic heterocycles. The van der Waals surface area contributed by atoms with Gasteiger partial charge in [0, 0.05) is 19.4 Å². The maximum Gasteiger partial charge on any atom is 0.441 e. The zero-order valence-electron chi connectivity index (χ0n) is 13.6. The van der Waals surface area contributed by atoms with Gasteiger partial charge < -0.3 is 5.32 Å². The normalized spacial score (nSPS) is 10.7. The van der Waals surface area contributed by atoms with E-state index < -0.39 is 17.5 Å². The molecule has 0 bridgehead atoms. The van der Waals surface area contributed by atoms with Gasteiger partial charge in [0.05, 0.1) is 5.69 Å². The van der Waals surface area contributed by atoms with E-state index >= 15 is 0 Å². The molecule has 0 spiro atoms. The number of para-hydroxylation sites is 1. The van der Waals surface area contributed by atoms with Crippen molar-refractivity contribution in [3.05, 3.63) is 82.1 Å². The monoisotopic (exact) mass is 359 g/mol. The Kier molecular flexibility index (Phi) is 5.21. The number of hydrogen-bond acceptors (Lipinski definition) is 4. The van der Waals surface area contributed by atoms with Crippen LogP contribution in [0.3, 0.4) is 0 Å². The smallest absolute Gasteiger partial charge is 0.324 e. The zero-order chi connectivity index (χ0) is 18.5. The SMILES string of the molecule is O=C(CCn1c(Cc2ccc(F)cc2)noc1=O)Nc1ccccc1F. The highest BCUT2D eigenvalue weighted by Crippen LogP contribution is 2.13. The zero-order valence-corrected chi connectivity index (χ0v) is 13.6. The molecule has 2 aromatic carbocycles. The molecule has 1 amide bonds. The summed E-state index contributed by atoms with van der Waals surface area (Å²) in [5, 5.41) is 6.14. The fourth-order valence-electron chi connectivity index (χ4n) is 2.42. The van der Waals surface area contributed by atoms with Crippen LogP contribution >= 0.6 is 0 Å². The lowest BCUT2D eigenvalue weighted by Crippen LogP contribution is -2.22. The second kappa shape index (κ2) is 7.73. The average molecular weight is 359 g/mol. The third-order valence-electron chi connectivity index (χ3n) is 3.75. The van der Waals surface area contributed by atoms with Gasteiger partial charge in [-0.05, 0) is 29.8 Å². The number of benzene rings is 2. The number of nitrogens with zero attached hydrogens (tertiary/aromatic N) is 2. The predicted molar refractivity (Wildman–Crippen MR) is 89.6 cm³/mol. The Morgan fingerprint density at radius 2 is 1.85 bits per heavy atom. The molecule has 0 saturated carbocycles. The first-order chi connectivity index (χ1) is 12.5. The predicted octanol–water partition coefficient (Wildman–Crippen LogP) is 2.73. The van der Waals surface area contributed by atoms with Crippen LogP contribution in [0.1, 0.15) is 17.8 Å². The molecule has 0 fully saturated rings. The van der Waals surface area contributed by atoms with E-state index in [1.807, 2.05) is 0 Å². The van der Waals surface area contributed by atoms with Crippen molar-refractivity contribution in [3.63, 3.8) is 0 Å². The van der Waals surface area contributed by atoms with Crippen molar-refractivity contribution in [1.82, 2.24) is 9.72 Å². The Labute approximate surface area is 147 Å². The minimum atomic E-state index is -0.694. The highest BCUT2D eigenvalue weighted by Gasteiger charge is 2.14. The first-order valence-electron chi connectivity index (χ1n) is 7.87. The van der Waals surface area contributed by atoms with Crippen LogP contribution in [-0.4, -0.2) is 15.6 Å². The van der Waals surface area contributed by atoms with E-state index in [4.69, 9.17) is 0 Å². The van der Waals surface area contributed by atoms with Crippen molar-refractivity contribution in [3.8, 4) is 0 Å². The summed E-state index contributed by atoms with van der Waals surface area (Å²) in [6.45, 7) is 0.0269. The minimum Gasteiger partial charge on any atom is -0.324 e. The summed E-state index contributed by atoms with van der Waals surface area (Å²) in [4.78, 5) is 23.8. The number of halogens is 2. The quantitative estimate of drug-likeness (QED) is 0.734. The Morgan fingerprint density at radius 1 is 1.12 bits per heavy atom. The molecule has 1 N–H and O–H groups in total. The van der Waals surface area contributed by atoms with E-state index in [1.54, 1.807) is 18.2 Å². The van der Waals surface area contributed by atoms with Crippen LogP contribution in [-0.2, 0) is 17.8 Å². The maximum atomic E-state index is 13.5. The fourth-order valence-corrected chi connectivity index (χ4v) is 2.42. The van der Waals surface area contributed by atoms with Gasteiger partial charge in [-0.15, -0.1) is 0 Å². The summed E-state index contributed by atoms with van der Waals surface area (Å²) in [7, 11) is 0. The number of carbonyl (C=O) groups is 1. The van der Waals surface area contributed by atoms with E-state index in [0.29, 0.717) is 5.82 Å². The fraction of sp³-hybridized carbons (Fsp3) is 0.167. The molecule has 0 radical (unpaired) electrons. The molecule has 0 aliphatic carbocycles. The standard InChI is InChI=1S/C18H15F2N3O3/c19-13-7-5-12(6-8-13)11-16-22-26-18(25)23(16)10-9-17(24)21-15-4-2-1-3-14(15)20/h1-8H,9-11H2,(H,21,24). The molecule has 3 rings (SSSR count). The molecule has 8 heteroatoms. The molecule has 3 aromatic rings. The Bertz CT molecular complexity index is 964. The minimum absolute atomic E-state index is 0.0269. The van der Waals surface area contributed by atoms with Crippen LogP contribution in [0.15, 0.2) is 57.8 Å². The van der Waals surface area contributed by atoms with Crippen LogP contribution in [0, 0.1) is 11.6 Å². The molecule has 0 saturated heterocycles. The van der Waals surface area contributed by atoms with E-state index in [-0.39, 0.29) is 30.9 Å². The molecule has 0 aliphatic rings. The van der Waals surface area contributed by atoms with Crippen LogP contribution in [0.25, 0.3) is 0 Å². The van der Waals surface area contributed by atoms with Crippen LogP contribution < -0.4 is 11.1 Å². The number of carbonyl (C=O) groups excluding carboxylic acids is 1. The van der Waals surface area contributed by atoms with Crippen molar-refractivity contribution >= 4 is 11.6 Å². The number of rotatable bonds is 6. The summed E-state index contributed by atoms with van der Waals surface area (Å²) in [6.07, 6.45) is 0.187. The summed E-state index contributed by atoms with van der Waals surface area (Å²) in [5.74, 6) is -1.73. The molecule has 0 unspecified atom stereocenters. The molecule has 1 heterocycles. The summed E-state index contributed by atoms with van der Waals surface area (Å²) < 4.78 is 32.4. The topological polar surface area (TPSA) is 77.1 Å². The largest absolute Gasteiger partial charge is 0.441 e. The van der Waals surface area contributed by atoms with Crippen molar-refractivity contribution in [2.75, 3.05) is 5.32 Å². The Morgan fingerprint density at radius 3 is 2.58 bits per heavy atom. The molecule has 6 nitrogen and oxygen atoms in total. The molecule has 0 aliphatic heterocycles. The van der Waals surface area contributed by atoms with Crippen molar-refractivity contribution < 1.29 is 18.1 Å². The van der Waals surface area contributed by atoms with Gasteiger partial charge in [0.15, 0.2) is 5.82 Å². The number of anilines is 1. The second-order valence-corrected chi connectivity index (χ2v) is 5.60. The van der Waals surface area contributed by atoms with Gasteiger partial charge in [0.25, 0.3) is 0 Å². The van der Waals surface area contributed by atoms with E-state index in [1.165, 1.54) is 34.9 Å². The van der Waals surface area contributed by atoms with Gasteiger partial charge >= 0.3 is 5.76 Å². The summed E-state index contributed by atoms with van der Waals surface area (Å²) >= 11 is 0.